The maximum Gasteiger partial charge on any atom is 0.249 e. The highest BCUT2D eigenvalue weighted by molar-refractivity contribution is 6.16. The number of para-hydroxylation sites is 1. The first-order valence-electron chi connectivity index (χ1n) is 20.5. The smallest absolute Gasteiger partial charge is 0.249 e. The molecule has 2 atom stereocenters. The fourth-order valence-electron chi connectivity index (χ4n) is 8.80. The number of ether oxygens (including phenoxy) is 1. The van der Waals surface area contributed by atoms with Crippen molar-refractivity contribution in [1.82, 2.24) is 25.1 Å². The van der Waals surface area contributed by atoms with Crippen LogP contribution < -0.4 is 31.3 Å². The van der Waals surface area contributed by atoms with Crippen molar-refractivity contribution in [3.05, 3.63) is 96.3 Å². The van der Waals surface area contributed by atoms with E-state index in [9.17, 15) is 9.59 Å². The van der Waals surface area contributed by atoms with Crippen molar-refractivity contribution in [3.8, 4) is 11.5 Å². The van der Waals surface area contributed by atoms with Crippen molar-refractivity contribution in [2.24, 2.45) is 11.8 Å². The highest BCUT2D eigenvalue weighted by Gasteiger charge is 2.30. The van der Waals surface area contributed by atoms with E-state index in [1.165, 1.54) is 50.9 Å². The Morgan fingerprint density at radius 3 is 2.19 bits per heavy atom. The van der Waals surface area contributed by atoms with E-state index in [0.29, 0.717) is 41.7 Å². The number of rotatable bonds is 13. The van der Waals surface area contributed by atoms with E-state index in [2.05, 4.69) is 52.8 Å². The number of anilines is 4. The number of hydrogen-bond donors (Lipinski definition) is 5. The summed E-state index contributed by atoms with van der Waals surface area (Å²) in [5.41, 5.74) is 10.0. The molecule has 0 spiro atoms. The topological polar surface area (TPSA) is 165 Å². The summed E-state index contributed by atoms with van der Waals surface area (Å²) in [6.07, 6.45) is 8.06. The molecule has 298 valence electrons. The van der Waals surface area contributed by atoms with Gasteiger partial charge in [0.05, 0.1) is 11.3 Å². The van der Waals surface area contributed by atoms with Crippen LogP contribution in [-0.2, 0) is 9.59 Å². The minimum atomic E-state index is -0.365. The lowest BCUT2D eigenvalue weighted by Gasteiger charge is -2.36. The highest BCUT2D eigenvalue weighted by Crippen LogP contribution is 2.30. The van der Waals surface area contributed by atoms with E-state index in [0.717, 1.165) is 68.5 Å². The van der Waals surface area contributed by atoms with Crippen LogP contribution in [0.4, 0.5) is 23.0 Å². The van der Waals surface area contributed by atoms with Gasteiger partial charge in [-0.1, -0.05) is 18.2 Å². The van der Waals surface area contributed by atoms with Gasteiger partial charge in [0, 0.05) is 75.2 Å². The molecule has 6 N–H and O–H groups in total. The first kappa shape index (κ1) is 38.3. The Balaban J connectivity index is 0.751. The number of nitrogens with one attached hydrogen (secondary N) is 4. The van der Waals surface area contributed by atoms with Crippen molar-refractivity contribution in [2.45, 2.75) is 57.0 Å². The maximum atomic E-state index is 12.1. The zero-order valence-corrected chi connectivity index (χ0v) is 32.5. The van der Waals surface area contributed by atoms with Crippen molar-refractivity contribution >= 4 is 40.5 Å². The van der Waals surface area contributed by atoms with Crippen LogP contribution in [0.5, 0.6) is 11.5 Å². The minimum absolute atomic E-state index is 0.196. The van der Waals surface area contributed by atoms with Gasteiger partial charge in [0.1, 0.15) is 35.5 Å². The quantitative estimate of drug-likeness (QED) is 0.0850. The van der Waals surface area contributed by atoms with Gasteiger partial charge in [0.25, 0.3) is 0 Å². The van der Waals surface area contributed by atoms with E-state index in [1.54, 1.807) is 0 Å². The highest BCUT2D eigenvalue weighted by atomic mass is 16.5. The standard InChI is InChI=1S/C44H54N10O3/c45-41(32-6-12-37(13-7-32)57-36-4-2-1-3-5-36)40-42(46)47-29-48-43(40)50-34-19-22-52(23-20-34)27-31-16-21-53(28-31)26-30-17-24-54(25-18-30)35-10-8-33(9-11-35)49-38-14-15-39(55)51-44(38)56/h1-13,29-31,34,38,45,49H,14-28H2,(H,51,55,56)(H3,46,47,48,50). The fourth-order valence-corrected chi connectivity index (χ4v) is 8.80. The lowest BCUT2D eigenvalue weighted by atomic mass is 9.95. The average Bonchev–Trinajstić information content (AvgIpc) is 3.67. The van der Waals surface area contributed by atoms with Crippen molar-refractivity contribution < 1.29 is 14.3 Å². The summed E-state index contributed by atoms with van der Waals surface area (Å²) in [7, 11) is 0. The molecule has 13 heteroatoms. The van der Waals surface area contributed by atoms with Gasteiger partial charge in [-0.05, 0) is 118 Å². The zero-order chi connectivity index (χ0) is 39.1. The van der Waals surface area contributed by atoms with Gasteiger partial charge < -0.3 is 35.8 Å². The van der Waals surface area contributed by atoms with Gasteiger partial charge in [-0.25, -0.2) is 9.97 Å². The van der Waals surface area contributed by atoms with Gasteiger partial charge in [-0.2, -0.15) is 0 Å². The second kappa shape index (κ2) is 17.7. The van der Waals surface area contributed by atoms with Crippen molar-refractivity contribution in [2.75, 3.05) is 73.6 Å². The third kappa shape index (κ3) is 9.72. The van der Waals surface area contributed by atoms with Gasteiger partial charge >= 0.3 is 0 Å². The number of imide groups is 1. The number of carbonyl (C=O) groups is 2. The minimum Gasteiger partial charge on any atom is -0.457 e. The number of nitrogen functional groups attached to an aromatic ring is 1. The van der Waals surface area contributed by atoms with Crippen LogP contribution in [0.1, 0.15) is 56.1 Å². The summed E-state index contributed by atoms with van der Waals surface area (Å²) < 4.78 is 5.94. The van der Waals surface area contributed by atoms with Crippen LogP contribution in [0.25, 0.3) is 0 Å². The molecule has 2 unspecified atom stereocenters. The van der Waals surface area contributed by atoms with Gasteiger partial charge in [-0.3, -0.25) is 20.3 Å². The molecule has 3 aromatic carbocycles. The zero-order valence-electron chi connectivity index (χ0n) is 32.5. The SMILES string of the molecule is N=C(c1ccc(Oc2ccccc2)cc1)c1c(N)ncnc1NC1CCN(CC2CCN(CC3CCN(c4ccc(NC5CCC(=O)NC5=O)cc4)CC3)C2)CC1. The molecule has 0 bridgehead atoms. The van der Waals surface area contributed by atoms with Crippen molar-refractivity contribution in [3.63, 3.8) is 0 Å². The molecule has 4 aliphatic heterocycles. The Labute approximate surface area is 334 Å². The largest absolute Gasteiger partial charge is 0.457 e. The van der Waals surface area contributed by atoms with Crippen LogP contribution in [0, 0.1) is 17.2 Å². The number of amides is 2. The average molecular weight is 771 g/mol. The van der Waals surface area contributed by atoms with Gasteiger partial charge in [-0.15, -0.1) is 0 Å². The number of nitrogens with two attached hydrogens (primary N) is 1. The van der Waals surface area contributed by atoms with E-state index in [1.807, 2.05) is 66.7 Å². The molecule has 57 heavy (non-hydrogen) atoms. The molecule has 5 heterocycles. The summed E-state index contributed by atoms with van der Waals surface area (Å²) >= 11 is 0. The number of nitrogens with zero attached hydrogens (tertiary/aromatic N) is 5. The third-order valence-corrected chi connectivity index (χ3v) is 12.0. The van der Waals surface area contributed by atoms with Crippen LogP contribution in [-0.4, -0.2) is 102 Å². The summed E-state index contributed by atoms with van der Waals surface area (Å²) in [5.74, 6) is 3.37. The second-order valence-electron chi connectivity index (χ2n) is 16.1. The molecule has 8 rings (SSSR count). The third-order valence-electron chi connectivity index (χ3n) is 12.0. The molecular weight excluding hydrogens is 717 g/mol. The number of carbonyl (C=O) groups excluding carboxylic acids is 2. The number of aromatic nitrogens is 2. The summed E-state index contributed by atoms with van der Waals surface area (Å²) in [6, 6.07) is 25.4. The normalized spacial score (nSPS) is 21.3. The van der Waals surface area contributed by atoms with E-state index in [-0.39, 0.29) is 29.6 Å². The molecule has 4 saturated heterocycles. The van der Waals surface area contributed by atoms with E-state index < -0.39 is 0 Å². The lowest BCUT2D eigenvalue weighted by Crippen LogP contribution is -2.47. The molecule has 0 radical (unpaired) electrons. The molecular formula is C44H54N10O3. The first-order valence-corrected chi connectivity index (χ1v) is 20.5. The van der Waals surface area contributed by atoms with Gasteiger partial charge in [0.2, 0.25) is 11.8 Å². The summed E-state index contributed by atoms with van der Waals surface area (Å²) in [5, 5.41) is 18.4. The Kier molecular flexibility index (Phi) is 11.9. The molecule has 13 nitrogen and oxygen atoms in total. The van der Waals surface area contributed by atoms with Gasteiger partial charge in [0.15, 0.2) is 0 Å². The summed E-state index contributed by atoms with van der Waals surface area (Å²) in [4.78, 5) is 40.2. The fraction of sp³-hybridized carbons (Fsp3) is 0.432. The molecule has 4 fully saturated rings. The Morgan fingerprint density at radius 2 is 1.46 bits per heavy atom. The molecule has 4 aromatic rings. The number of hydrogen-bond acceptors (Lipinski definition) is 12. The predicted molar refractivity (Wildman–Crippen MR) is 224 cm³/mol. The molecule has 1 aromatic heterocycles. The summed E-state index contributed by atoms with van der Waals surface area (Å²) in [6.45, 7) is 8.92. The molecule has 0 saturated carbocycles. The Bertz CT molecular complexity index is 2000. The first-order chi connectivity index (χ1) is 27.8. The Morgan fingerprint density at radius 1 is 0.772 bits per heavy atom. The van der Waals surface area contributed by atoms with Crippen LogP contribution >= 0.6 is 0 Å². The monoisotopic (exact) mass is 770 g/mol. The maximum absolute atomic E-state index is 12.1. The molecule has 0 aliphatic carbocycles. The van der Waals surface area contributed by atoms with E-state index in [4.69, 9.17) is 15.9 Å². The number of likely N-dealkylation sites (tertiary alicyclic amines) is 2. The van der Waals surface area contributed by atoms with Crippen LogP contribution in [0.3, 0.4) is 0 Å². The van der Waals surface area contributed by atoms with Crippen LogP contribution in [0.15, 0.2) is 85.2 Å². The number of piperidine rings is 3. The second-order valence-corrected chi connectivity index (χ2v) is 16.1. The predicted octanol–water partition coefficient (Wildman–Crippen LogP) is 5.60. The lowest BCUT2D eigenvalue weighted by molar-refractivity contribution is -0.133. The molecule has 2 amide bonds. The number of benzene rings is 3. The Hall–Kier alpha value is -5.53. The van der Waals surface area contributed by atoms with Crippen molar-refractivity contribution in [1.29, 1.82) is 5.41 Å². The van der Waals surface area contributed by atoms with E-state index >= 15 is 0 Å². The molecule has 4 aliphatic rings. The van der Waals surface area contributed by atoms with Crippen LogP contribution in [0.2, 0.25) is 0 Å².